The normalized spacial score (nSPS) is 10.2. The van der Waals surface area contributed by atoms with Crippen LogP contribution < -0.4 is 10.1 Å². The quantitative estimate of drug-likeness (QED) is 0.780. The van der Waals surface area contributed by atoms with E-state index in [-0.39, 0.29) is 0 Å². The number of ether oxygens (including phenoxy) is 1. The third kappa shape index (κ3) is 3.79. The molecular weight excluding hydrogens is 276 g/mol. The van der Waals surface area contributed by atoms with E-state index in [1.54, 1.807) is 12.4 Å². The van der Waals surface area contributed by atoms with E-state index in [9.17, 15) is 0 Å². The Bertz CT molecular complexity index is 746. The summed E-state index contributed by atoms with van der Waals surface area (Å²) in [6.07, 6.45) is 3.49. The molecule has 5 nitrogen and oxygen atoms in total. The van der Waals surface area contributed by atoms with Gasteiger partial charge in [-0.2, -0.15) is 0 Å². The molecule has 22 heavy (non-hydrogen) atoms. The van der Waals surface area contributed by atoms with Gasteiger partial charge in [0.15, 0.2) is 0 Å². The van der Waals surface area contributed by atoms with E-state index in [1.807, 2.05) is 55.5 Å². The van der Waals surface area contributed by atoms with Crippen LogP contribution in [0.25, 0.3) is 0 Å². The van der Waals surface area contributed by atoms with Crippen molar-refractivity contribution in [2.75, 3.05) is 5.32 Å². The second-order valence-corrected chi connectivity index (χ2v) is 4.75. The van der Waals surface area contributed by atoms with Gasteiger partial charge in [0.25, 0.3) is 0 Å². The van der Waals surface area contributed by atoms with Crippen molar-refractivity contribution in [1.82, 2.24) is 15.0 Å². The number of pyridine rings is 1. The first kappa shape index (κ1) is 14.0. The molecule has 2 aromatic heterocycles. The summed E-state index contributed by atoms with van der Waals surface area (Å²) >= 11 is 0. The van der Waals surface area contributed by atoms with Crippen molar-refractivity contribution in [2.45, 2.75) is 13.5 Å². The van der Waals surface area contributed by atoms with E-state index in [2.05, 4.69) is 20.3 Å². The van der Waals surface area contributed by atoms with E-state index < -0.39 is 0 Å². The highest BCUT2D eigenvalue weighted by molar-refractivity contribution is 5.57. The molecule has 0 atom stereocenters. The van der Waals surface area contributed by atoms with Crippen LogP contribution in [0.5, 0.6) is 5.75 Å². The number of rotatable bonds is 5. The Labute approximate surface area is 129 Å². The summed E-state index contributed by atoms with van der Waals surface area (Å²) in [5.41, 5.74) is 1.81. The maximum Gasteiger partial charge on any atom is 0.134 e. The molecule has 0 amide bonds. The van der Waals surface area contributed by atoms with Crippen molar-refractivity contribution in [2.24, 2.45) is 0 Å². The highest BCUT2D eigenvalue weighted by Crippen LogP contribution is 2.21. The minimum absolute atomic E-state index is 0.441. The fourth-order valence-electron chi connectivity index (χ4n) is 1.98. The number of aromatic nitrogens is 3. The van der Waals surface area contributed by atoms with Gasteiger partial charge in [-0.05, 0) is 37.3 Å². The summed E-state index contributed by atoms with van der Waals surface area (Å²) in [5.74, 6) is 2.27. The summed E-state index contributed by atoms with van der Waals surface area (Å²) in [6, 6.07) is 15.3. The third-order valence-electron chi connectivity index (χ3n) is 3.00. The number of aryl methyl sites for hydroxylation is 1. The number of nitrogens with one attached hydrogen (secondary N) is 1. The third-order valence-corrected chi connectivity index (χ3v) is 3.00. The van der Waals surface area contributed by atoms with Gasteiger partial charge >= 0.3 is 0 Å². The zero-order valence-corrected chi connectivity index (χ0v) is 12.2. The van der Waals surface area contributed by atoms with Crippen LogP contribution in [0.2, 0.25) is 0 Å². The van der Waals surface area contributed by atoms with Crippen LogP contribution >= 0.6 is 0 Å². The molecule has 0 bridgehead atoms. The summed E-state index contributed by atoms with van der Waals surface area (Å²) in [7, 11) is 0. The minimum atomic E-state index is 0.441. The topological polar surface area (TPSA) is 59.9 Å². The summed E-state index contributed by atoms with van der Waals surface area (Å²) < 4.78 is 5.76. The van der Waals surface area contributed by atoms with Crippen molar-refractivity contribution in [3.8, 4) is 5.75 Å². The van der Waals surface area contributed by atoms with E-state index in [0.29, 0.717) is 6.61 Å². The Morgan fingerprint density at radius 3 is 2.77 bits per heavy atom. The average molecular weight is 292 g/mol. The van der Waals surface area contributed by atoms with Gasteiger partial charge in [0.05, 0.1) is 5.69 Å². The van der Waals surface area contributed by atoms with E-state index in [1.165, 1.54) is 0 Å². The maximum atomic E-state index is 5.76. The van der Waals surface area contributed by atoms with E-state index in [0.717, 1.165) is 28.8 Å². The van der Waals surface area contributed by atoms with Crippen molar-refractivity contribution in [3.05, 3.63) is 72.4 Å². The molecule has 0 saturated heterocycles. The monoisotopic (exact) mass is 292 g/mol. The molecule has 0 radical (unpaired) electrons. The van der Waals surface area contributed by atoms with Gasteiger partial charge in [-0.3, -0.25) is 4.98 Å². The van der Waals surface area contributed by atoms with Crippen LogP contribution in [0.15, 0.2) is 60.9 Å². The molecule has 1 aromatic carbocycles. The zero-order chi connectivity index (χ0) is 15.2. The van der Waals surface area contributed by atoms with Crippen molar-refractivity contribution < 1.29 is 4.74 Å². The number of nitrogens with zero attached hydrogens (tertiary/aromatic N) is 3. The smallest absolute Gasteiger partial charge is 0.134 e. The van der Waals surface area contributed by atoms with Gasteiger partial charge < -0.3 is 10.1 Å². The fourth-order valence-corrected chi connectivity index (χ4v) is 1.98. The first-order valence-electron chi connectivity index (χ1n) is 6.99. The largest absolute Gasteiger partial charge is 0.487 e. The van der Waals surface area contributed by atoms with Crippen LogP contribution in [0.3, 0.4) is 0 Å². The van der Waals surface area contributed by atoms with E-state index in [4.69, 9.17) is 4.74 Å². The lowest BCUT2D eigenvalue weighted by molar-refractivity contribution is 0.301. The van der Waals surface area contributed by atoms with Crippen molar-refractivity contribution in [3.63, 3.8) is 0 Å². The van der Waals surface area contributed by atoms with Gasteiger partial charge in [0.1, 0.15) is 24.0 Å². The molecule has 5 heteroatoms. The molecule has 0 saturated carbocycles. The summed E-state index contributed by atoms with van der Waals surface area (Å²) in [6.45, 7) is 2.30. The van der Waals surface area contributed by atoms with Gasteiger partial charge in [-0.15, -0.1) is 0 Å². The van der Waals surface area contributed by atoms with Crippen LogP contribution in [-0.4, -0.2) is 15.0 Å². The molecule has 3 rings (SSSR count). The van der Waals surface area contributed by atoms with Gasteiger partial charge in [0.2, 0.25) is 0 Å². The lowest BCUT2D eigenvalue weighted by Gasteiger charge is -2.09. The first-order valence-corrected chi connectivity index (χ1v) is 6.99. The Kier molecular flexibility index (Phi) is 4.25. The lowest BCUT2D eigenvalue weighted by atomic mass is 10.3. The predicted octanol–water partition coefficient (Wildman–Crippen LogP) is 3.50. The SMILES string of the molecule is Cc1nccc(Nc2cccc(OCc3ccccn3)c2)n1. The number of hydrogen-bond donors (Lipinski definition) is 1. The summed E-state index contributed by atoms with van der Waals surface area (Å²) in [4.78, 5) is 12.6. The average Bonchev–Trinajstić information content (AvgIpc) is 2.54. The van der Waals surface area contributed by atoms with Crippen LogP contribution in [-0.2, 0) is 6.61 Å². The second-order valence-electron chi connectivity index (χ2n) is 4.75. The standard InChI is InChI=1S/C17H16N4O/c1-13-18-10-8-17(20-13)21-14-6-4-7-16(11-14)22-12-15-5-2-3-9-19-15/h2-11H,12H2,1H3,(H,18,20,21). The van der Waals surface area contributed by atoms with Crippen molar-refractivity contribution >= 4 is 11.5 Å². The molecule has 0 aliphatic rings. The Hall–Kier alpha value is -2.95. The van der Waals surface area contributed by atoms with Crippen LogP contribution in [0, 0.1) is 6.92 Å². The van der Waals surface area contributed by atoms with Gasteiger partial charge in [0, 0.05) is 24.1 Å². The Balaban J connectivity index is 1.67. The molecule has 0 fully saturated rings. The highest BCUT2D eigenvalue weighted by Gasteiger charge is 2.01. The van der Waals surface area contributed by atoms with Crippen LogP contribution in [0.4, 0.5) is 11.5 Å². The van der Waals surface area contributed by atoms with Crippen molar-refractivity contribution in [1.29, 1.82) is 0 Å². The minimum Gasteiger partial charge on any atom is -0.487 e. The molecule has 0 unspecified atom stereocenters. The highest BCUT2D eigenvalue weighted by atomic mass is 16.5. The molecule has 1 N–H and O–H groups in total. The number of anilines is 2. The molecule has 3 aromatic rings. The number of hydrogen-bond acceptors (Lipinski definition) is 5. The lowest BCUT2D eigenvalue weighted by Crippen LogP contribution is -1.99. The van der Waals surface area contributed by atoms with E-state index >= 15 is 0 Å². The Morgan fingerprint density at radius 2 is 1.95 bits per heavy atom. The second kappa shape index (κ2) is 6.67. The molecule has 0 aliphatic carbocycles. The number of benzene rings is 1. The molecule has 0 spiro atoms. The van der Waals surface area contributed by atoms with Crippen LogP contribution in [0.1, 0.15) is 11.5 Å². The predicted molar refractivity (Wildman–Crippen MR) is 85.1 cm³/mol. The Morgan fingerprint density at radius 1 is 1.00 bits per heavy atom. The summed E-state index contributed by atoms with van der Waals surface area (Å²) in [5, 5.41) is 3.24. The first-order chi connectivity index (χ1) is 10.8. The molecule has 2 heterocycles. The molecule has 110 valence electrons. The molecular formula is C17H16N4O. The fraction of sp³-hybridized carbons (Fsp3) is 0.118. The van der Waals surface area contributed by atoms with Gasteiger partial charge in [-0.25, -0.2) is 9.97 Å². The zero-order valence-electron chi connectivity index (χ0n) is 12.2. The maximum absolute atomic E-state index is 5.76. The van der Waals surface area contributed by atoms with Gasteiger partial charge in [-0.1, -0.05) is 12.1 Å². The molecule has 0 aliphatic heterocycles.